The third kappa shape index (κ3) is 7.65. The molecule has 0 aliphatic heterocycles. The molecule has 16 heavy (non-hydrogen) atoms. The molecule has 1 unspecified atom stereocenters. The smallest absolute Gasteiger partial charge is 0.323 e. The zero-order valence-corrected chi connectivity index (χ0v) is 11.0. The van der Waals surface area contributed by atoms with Crippen LogP contribution in [0.3, 0.4) is 0 Å². The van der Waals surface area contributed by atoms with E-state index in [0.717, 1.165) is 12.8 Å². The fourth-order valence-electron chi connectivity index (χ4n) is 1.37. The topological polar surface area (TPSA) is 58.6 Å². The zero-order valence-electron chi connectivity index (χ0n) is 11.0. The highest BCUT2D eigenvalue weighted by atomic mass is 16.6. The molecule has 4 heteroatoms. The van der Waals surface area contributed by atoms with Gasteiger partial charge in [0.1, 0.15) is 11.6 Å². The van der Waals surface area contributed by atoms with E-state index in [4.69, 9.17) is 9.84 Å². The van der Waals surface area contributed by atoms with E-state index in [1.165, 1.54) is 0 Å². The van der Waals surface area contributed by atoms with Gasteiger partial charge in [0.25, 0.3) is 0 Å². The van der Waals surface area contributed by atoms with Crippen molar-refractivity contribution in [3.63, 3.8) is 0 Å². The Morgan fingerprint density at radius 1 is 1.38 bits per heavy atom. The zero-order chi connectivity index (χ0) is 12.8. The number of carbonyl (C=O) groups is 1. The van der Waals surface area contributed by atoms with Crippen LogP contribution in [-0.4, -0.2) is 35.4 Å². The molecule has 0 spiro atoms. The third-order valence-corrected chi connectivity index (χ3v) is 2.09. The van der Waals surface area contributed by atoms with Gasteiger partial charge in [0.05, 0.1) is 0 Å². The van der Waals surface area contributed by atoms with Gasteiger partial charge in [0.15, 0.2) is 0 Å². The van der Waals surface area contributed by atoms with Gasteiger partial charge >= 0.3 is 5.97 Å². The Hall–Kier alpha value is -0.610. The van der Waals surface area contributed by atoms with Gasteiger partial charge in [0, 0.05) is 12.6 Å². The second kappa shape index (κ2) is 6.86. The maximum Gasteiger partial charge on any atom is 0.323 e. The van der Waals surface area contributed by atoms with Crippen LogP contribution in [0.4, 0.5) is 0 Å². The van der Waals surface area contributed by atoms with Crippen molar-refractivity contribution in [2.45, 2.75) is 65.1 Å². The molecule has 0 heterocycles. The van der Waals surface area contributed by atoms with Crippen LogP contribution in [0.25, 0.3) is 0 Å². The van der Waals surface area contributed by atoms with Crippen molar-refractivity contribution >= 4 is 5.97 Å². The molecule has 0 fully saturated rings. The summed E-state index contributed by atoms with van der Waals surface area (Å²) in [6.07, 6.45) is 1.60. The van der Waals surface area contributed by atoms with Crippen LogP contribution >= 0.6 is 0 Å². The highest BCUT2D eigenvalue weighted by molar-refractivity contribution is 5.75. The number of ether oxygens (including phenoxy) is 1. The summed E-state index contributed by atoms with van der Waals surface area (Å²) in [5, 5.41) is 11.8. The number of aliphatic hydroxyl groups excluding tert-OH is 1. The molecule has 0 aromatic rings. The van der Waals surface area contributed by atoms with Gasteiger partial charge in [0.2, 0.25) is 0 Å². The Morgan fingerprint density at radius 3 is 2.38 bits per heavy atom. The van der Waals surface area contributed by atoms with Crippen molar-refractivity contribution in [3.8, 4) is 0 Å². The molecule has 0 rings (SSSR count). The molecule has 2 N–H and O–H groups in total. The number of aliphatic hydroxyl groups is 1. The van der Waals surface area contributed by atoms with E-state index in [9.17, 15) is 4.79 Å². The normalized spacial score (nSPS) is 15.6. The number of rotatable bonds is 6. The lowest BCUT2D eigenvalue weighted by atomic mass is 10.1. The summed E-state index contributed by atoms with van der Waals surface area (Å²) < 4.78 is 5.25. The minimum absolute atomic E-state index is 0.187. The van der Waals surface area contributed by atoms with Gasteiger partial charge in [-0.05, 0) is 47.5 Å². The molecule has 0 aromatic heterocycles. The predicted molar refractivity (Wildman–Crippen MR) is 64.2 cm³/mol. The van der Waals surface area contributed by atoms with Crippen LogP contribution in [0.5, 0.6) is 0 Å². The van der Waals surface area contributed by atoms with Crippen molar-refractivity contribution < 1.29 is 14.6 Å². The maximum atomic E-state index is 11.6. The van der Waals surface area contributed by atoms with Gasteiger partial charge in [-0.15, -0.1) is 0 Å². The lowest BCUT2D eigenvalue weighted by molar-refractivity contribution is -0.157. The molecular formula is C12H25NO3. The van der Waals surface area contributed by atoms with E-state index >= 15 is 0 Å². The average molecular weight is 231 g/mol. The average Bonchev–Trinajstić information content (AvgIpc) is 2.11. The minimum atomic E-state index is -0.443. The first-order chi connectivity index (χ1) is 7.26. The number of esters is 1. The highest BCUT2D eigenvalue weighted by Gasteiger charge is 2.22. The van der Waals surface area contributed by atoms with Crippen LogP contribution in [0.15, 0.2) is 0 Å². The van der Waals surface area contributed by atoms with E-state index in [1.807, 2.05) is 27.7 Å². The largest absolute Gasteiger partial charge is 0.459 e. The molecule has 2 atom stereocenters. The summed E-state index contributed by atoms with van der Waals surface area (Å²) in [5.41, 5.74) is -0.443. The molecule has 0 amide bonds. The third-order valence-electron chi connectivity index (χ3n) is 2.09. The van der Waals surface area contributed by atoms with Gasteiger partial charge in [-0.1, -0.05) is 0 Å². The van der Waals surface area contributed by atoms with E-state index in [2.05, 4.69) is 5.32 Å². The van der Waals surface area contributed by atoms with Gasteiger partial charge in [-0.2, -0.15) is 0 Å². The SMILES string of the molecule is CC(CCCO)N[C@H](C)C(=O)OC(C)(C)C. The Morgan fingerprint density at radius 2 is 1.94 bits per heavy atom. The van der Waals surface area contributed by atoms with E-state index in [1.54, 1.807) is 6.92 Å². The summed E-state index contributed by atoms with van der Waals surface area (Å²) in [6, 6.07) is -0.109. The summed E-state index contributed by atoms with van der Waals surface area (Å²) >= 11 is 0. The quantitative estimate of drug-likeness (QED) is 0.680. The van der Waals surface area contributed by atoms with E-state index in [0.29, 0.717) is 0 Å². The van der Waals surface area contributed by atoms with Crippen LogP contribution in [0.2, 0.25) is 0 Å². The summed E-state index contributed by atoms with van der Waals surface area (Å²) in [5.74, 6) is -0.233. The first kappa shape index (κ1) is 15.4. The Bertz CT molecular complexity index is 211. The summed E-state index contributed by atoms with van der Waals surface area (Å²) in [4.78, 5) is 11.6. The molecule has 0 aromatic carbocycles. The Labute approximate surface area is 98.4 Å². The Balaban J connectivity index is 3.95. The fourth-order valence-corrected chi connectivity index (χ4v) is 1.37. The molecule has 0 saturated heterocycles. The second-order valence-corrected chi connectivity index (χ2v) is 5.19. The predicted octanol–water partition coefficient (Wildman–Crippen LogP) is 1.47. The van der Waals surface area contributed by atoms with Crippen LogP contribution in [0, 0.1) is 0 Å². The lowest BCUT2D eigenvalue weighted by Gasteiger charge is -2.24. The standard InChI is InChI=1S/C12H25NO3/c1-9(7-6-8-14)13-10(2)11(15)16-12(3,4)5/h9-10,13-14H,6-8H2,1-5H3/t9?,10-/m1/s1. The van der Waals surface area contributed by atoms with Gasteiger partial charge < -0.3 is 15.2 Å². The van der Waals surface area contributed by atoms with Crippen molar-refractivity contribution in [3.05, 3.63) is 0 Å². The first-order valence-electron chi connectivity index (χ1n) is 5.86. The molecule has 0 radical (unpaired) electrons. The first-order valence-corrected chi connectivity index (χ1v) is 5.86. The minimum Gasteiger partial charge on any atom is -0.459 e. The summed E-state index contributed by atoms with van der Waals surface area (Å²) in [7, 11) is 0. The molecular weight excluding hydrogens is 206 g/mol. The number of hydrogen-bond acceptors (Lipinski definition) is 4. The Kier molecular flexibility index (Phi) is 6.60. The van der Waals surface area contributed by atoms with Crippen LogP contribution < -0.4 is 5.32 Å². The maximum absolute atomic E-state index is 11.6. The monoisotopic (exact) mass is 231 g/mol. The molecule has 0 bridgehead atoms. The molecule has 0 aliphatic rings. The van der Waals surface area contributed by atoms with Crippen molar-refractivity contribution in [1.82, 2.24) is 5.32 Å². The van der Waals surface area contributed by atoms with Crippen molar-refractivity contribution in [2.24, 2.45) is 0 Å². The molecule has 0 saturated carbocycles. The highest BCUT2D eigenvalue weighted by Crippen LogP contribution is 2.09. The molecule has 4 nitrogen and oxygen atoms in total. The van der Waals surface area contributed by atoms with Crippen LogP contribution in [-0.2, 0) is 9.53 Å². The summed E-state index contributed by atoms with van der Waals surface area (Å²) in [6.45, 7) is 9.54. The number of hydrogen-bond donors (Lipinski definition) is 2. The molecule has 0 aliphatic carbocycles. The van der Waals surface area contributed by atoms with Gasteiger partial charge in [-0.3, -0.25) is 4.79 Å². The second-order valence-electron chi connectivity index (χ2n) is 5.19. The fraction of sp³-hybridized carbons (Fsp3) is 0.917. The lowest BCUT2D eigenvalue weighted by Crippen LogP contribution is -2.43. The van der Waals surface area contributed by atoms with Crippen LogP contribution in [0.1, 0.15) is 47.5 Å². The number of carbonyl (C=O) groups excluding carboxylic acids is 1. The molecule has 96 valence electrons. The van der Waals surface area contributed by atoms with Crippen molar-refractivity contribution in [1.29, 1.82) is 0 Å². The van der Waals surface area contributed by atoms with Crippen molar-refractivity contribution in [2.75, 3.05) is 6.61 Å². The van der Waals surface area contributed by atoms with E-state index in [-0.39, 0.29) is 24.7 Å². The van der Waals surface area contributed by atoms with Gasteiger partial charge in [-0.25, -0.2) is 0 Å². The van der Waals surface area contributed by atoms with E-state index < -0.39 is 5.60 Å². The number of nitrogens with one attached hydrogen (secondary N) is 1.